The van der Waals surface area contributed by atoms with Gasteiger partial charge < -0.3 is 17.3 Å². The summed E-state index contributed by atoms with van der Waals surface area (Å²) in [6, 6.07) is 0. The zero-order valence-corrected chi connectivity index (χ0v) is 3.87. The first-order valence-electron chi connectivity index (χ1n) is 1.92. The van der Waals surface area contributed by atoms with Gasteiger partial charge in [0.05, 0.1) is 0 Å². The monoisotopic (exact) mass is 126 g/mol. The van der Waals surface area contributed by atoms with Gasteiger partial charge in [0.15, 0.2) is 0 Å². The quantitative estimate of drug-likeness (QED) is 0.264. The Bertz CT molecular complexity index is 73.8. The largest absolute Gasteiger partial charge is 0.673 e. The average molecular weight is 126 g/mol. The van der Waals surface area contributed by atoms with Crippen molar-refractivity contribution in [3.8, 4) is 0 Å². The molecule has 0 aromatic carbocycles. The molecule has 5 heteroatoms. The molecule has 0 saturated carbocycles. The third kappa shape index (κ3) is 565. The van der Waals surface area contributed by atoms with Crippen molar-refractivity contribution in [3.63, 3.8) is 0 Å². The normalized spacial score (nSPS) is 13.5. The van der Waals surface area contributed by atoms with E-state index in [-0.39, 0.29) is 0 Å². The summed E-state index contributed by atoms with van der Waals surface area (Å²) in [5.74, 6) is 0. The van der Waals surface area contributed by atoms with Crippen LogP contribution in [0.3, 0.4) is 0 Å². The molecule has 0 aromatic heterocycles. The van der Waals surface area contributed by atoms with Gasteiger partial charge in [-0.2, -0.15) is 0 Å². The van der Waals surface area contributed by atoms with Crippen LogP contribution in [-0.2, 0) is 0 Å². The highest BCUT2D eigenvalue weighted by molar-refractivity contribution is 6.50. The van der Waals surface area contributed by atoms with Crippen LogP contribution in [0.1, 0.15) is 6.42 Å². The summed E-state index contributed by atoms with van der Waals surface area (Å²) >= 11 is 0. The maximum absolute atomic E-state index is 9.75. The van der Waals surface area contributed by atoms with E-state index in [0.29, 0.717) is 0 Å². The van der Waals surface area contributed by atoms with Gasteiger partial charge in [0.25, 0.3) is 0 Å². The minimum absolute atomic E-state index is 1.12. The van der Waals surface area contributed by atoms with E-state index in [0.717, 1.165) is 6.42 Å². The topological polar surface area (TPSA) is 0 Å². The molecule has 0 spiro atoms. The van der Waals surface area contributed by atoms with E-state index < -0.39 is 7.25 Å². The molecule has 0 heterocycles. The van der Waals surface area contributed by atoms with Crippen LogP contribution < -0.4 is 0 Å². The van der Waals surface area contributed by atoms with E-state index in [2.05, 4.69) is 6.08 Å². The minimum atomic E-state index is -6.00. The van der Waals surface area contributed by atoms with Crippen molar-refractivity contribution >= 4 is 7.25 Å². The van der Waals surface area contributed by atoms with Crippen LogP contribution in [0.5, 0.6) is 0 Å². The maximum atomic E-state index is 9.75. The Morgan fingerprint density at radius 2 is 1.38 bits per heavy atom. The Morgan fingerprint density at radius 3 is 1.38 bits per heavy atom. The highest BCUT2D eigenvalue weighted by Crippen LogP contribution is 2.06. The lowest BCUT2D eigenvalue weighted by Gasteiger charge is -1.94. The molecule has 1 aliphatic carbocycles. The molecule has 0 N–H and O–H groups in total. The SMILES string of the molecule is F[B-](F)(F)F.[C+]1=CC1. The zero-order valence-electron chi connectivity index (χ0n) is 3.87. The summed E-state index contributed by atoms with van der Waals surface area (Å²) in [6.45, 7) is 0. The van der Waals surface area contributed by atoms with Crippen molar-refractivity contribution in [2.45, 2.75) is 6.42 Å². The van der Waals surface area contributed by atoms with Crippen LogP contribution >= 0.6 is 0 Å². The molecule has 0 aliphatic heterocycles. The summed E-state index contributed by atoms with van der Waals surface area (Å²) < 4.78 is 39.0. The predicted octanol–water partition coefficient (Wildman–Crippen LogP) is 2.05. The first-order chi connectivity index (χ1) is 3.50. The van der Waals surface area contributed by atoms with Gasteiger partial charge in [0, 0.05) is 0 Å². The fourth-order valence-corrected chi connectivity index (χ4v) is 0. The summed E-state index contributed by atoms with van der Waals surface area (Å²) in [5, 5.41) is 0. The van der Waals surface area contributed by atoms with E-state index in [1.54, 1.807) is 0 Å². The van der Waals surface area contributed by atoms with E-state index in [4.69, 9.17) is 0 Å². The van der Waals surface area contributed by atoms with Crippen LogP contribution in [0.25, 0.3) is 0 Å². The van der Waals surface area contributed by atoms with Gasteiger partial charge in [-0.1, -0.05) is 0 Å². The first kappa shape index (κ1) is 7.43. The van der Waals surface area contributed by atoms with Crippen LogP contribution in [-0.4, -0.2) is 7.25 Å². The fourth-order valence-electron chi connectivity index (χ4n) is 0. The van der Waals surface area contributed by atoms with Gasteiger partial charge in [-0.15, -0.1) is 0 Å². The van der Waals surface area contributed by atoms with Gasteiger partial charge in [-0.25, -0.2) is 0 Å². The molecule has 1 aliphatic rings. The van der Waals surface area contributed by atoms with E-state index in [9.17, 15) is 17.3 Å². The van der Waals surface area contributed by atoms with E-state index in [1.165, 1.54) is 0 Å². The van der Waals surface area contributed by atoms with E-state index in [1.807, 2.05) is 6.08 Å². The summed E-state index contributed by atoms with van der Waals surface area (Å²) in [6.07, 6.45) is 6.00. The number of hydrogen-bond donors (Lipinski definition) is 0. The highest BCUT2D eigenvalue weighted by atomic mass is 19.5. The molecule has 0 unspecified atom stereocenters. The molecule has 8 heavy (non-hydrogen) atoms. The molecule has 0 aromatic rings. The second-order valence-electron chi connectivity index (χ2n) is 1.11. The lowest BCUT2D eigenvalue weighted by Crippen LogP contribution is -2.02. The average Bonchev–Trinajstić information content (AvgIpc) is 1.95. The summed E-state index contributed by atoms with van der Waals surface area (Å²) in [4.78, 5) is 0. The van der Waals surface area contributed by atoms with Crippen LogP contribution in [0.15, 0.2) is 6.08 Å². The second-order valence-corrected chi connectivity index (χ2v) is 1.11. The Labute approximate surface area is 44.3 Å². The molecule has 0 bridgehead atoms. The third-order valence-corrected chi connectivity index (χ3v) is 0.204. The molecular weight excluding hydrogens is 123 g/mol. The lowest BCUT2D eigenvalue weighted by molar-refractivity contribution is 0.368. The van der Waals surface area contributed by atoms with Gasteiger partial charge in [0.2, 0.25) is 18.6 Å². The van der Waals surface area contributed by atoms with Gasteiger partial charge in [0.1, 0.15) is 0 Å². The lowest BCUT2D eigenvalue weighted by atomic mass is 10.3. The fraction of sp³-hybridized carbons (Fsp3) is 0.333. The van der Waals surface area contributed by atoms with Crippen molar-refractivity contribution in [3.05, 3.63) is 12.2 Å². The van der Waals surface area contributed by atoms with Gasteiger partial charge in [-0.05, 0) is 0 Å². The van der Waals surface area contributed by atoms with Crippen molar-refractivity contribution in [1.29, 1.82) is 0 Å². The highest BCUT2D eigenvalue weighted by Gasteiger charge is 2.20. The Hall–Kier alpha value is -0.565. The van der Waals surface area contributed by atoms with Crippen molar-refractivity contribution in [2.75, 3.05) is 0 Å². The standard InChI is InChI=1S/C3H3.BF4/c1-2-3-1;2-1(3,4)5/h1H,2H2;/q+1;-1. The number of halogens is 4. The number of allylic oxidation sites excluding steroid dienone is 2. The Kier molecular flexibility index (Phi) is 2.48. The molecule has 1 rings (SSSR count). The van der Waals surface area contributed by atoms with E-state index >= 15 is 0 Å². The minimum Gasteiger partial charge on any atom is -0.418 e. The number of rotatable bonds is 0. The summed E-state index contributed by atoms with van der Waals surface area (Å²) in [5.41, 5.74) is 0. The van der Waals surface area contributed by atoms with Crippen molar-refractivity contribution in [2.24, 2.45) is 0 Å². The predicted molar refractivity (Wildman–Crippen MR) is 22.6 cm³/mol. The molecule has 0 saturated heterocycles. The van der Waals surface area contributed by atoms with Crippen LogP contribution in [0.4, 0.5) is 17.3 Å². The molecule has 0 radical (unpaired) electrons. The molecule has 0 nitrogen and oxygen atoms in total. The molecule has 46 valence electrons. The maximum Gasteiger partial charge on any atom is 0.673 e. The third-order valence-electron chi connectivity index (χ3n) is 0.204. The second kappa shape index (κ2) is 2.67. The van der Waals surface area contributed by atoms with Crippen LogP contribution in [0, 0.1) is 6.08 Å². The smallest absolute Gasteiger partial charge is 0.418 e. The zero-order chi connectivity index (χ0) is 6.62. The Morgan fingerprint density at radius 1 is 1.25 bits per heavy atom. The first-order valence-corrected chi connectivity index (χ1v) is 1.92. The van der Waals surface area contributed by atoms with Crippen LogP contribution in [0.2, 0.25) is 0 Å². The molecule has 0 fully saturated rings. The molecule has 0 atom stereocenters. The van der Waals surface area contributed by atoms with Gasteiger partial charge in [-0.3, -0.25) is 0 Å². The number of hydrogen-bond acceptors (Lipinski definition) is 0. The van der Waals surface area contributed by atoms with Gasteiger partial charge >= 0.3 is 7.25 Å². The van der Waals surface area contributed by atoms with Crippen molar-refractivity contribution < 1.29 is 17.3 Å². The molecular formula is C3H3BF4. The van der Waals surface area contributed by atoms with Crippen molar-refractivity contribution in [1.82, 2.24) is 0 Å². The Balaban J connectivity index is 0.000000135. The molecule has 0 amide bonds. The summed E-state index contributed by atoms with van der Waals surface area (Å²) in [7, 11) is -6.00.